The molecule has 2 aromatic heterocycles. The standard InChI is InChI=1S/C11H16N6O/c1-3-9-15-10(7(2)11(16-9)17-12)13-6-8-4-5-14-18-8/h4-5H,3,6,12H2,1-2H3,(H2,13,15,16,17). The van der Waals surface area contributed by atoms with Crippen molar-refractivity contribution >= 4 is 11.6 Å². The molecule has 0 radical (unpaired) electrons. The van der Waals surface area contributed by atoms with Crippen LogP contribution in [-0.2, 0) is 13.0 Å². The van der Waals surface area contributed by atoms with Gasteiger partial charge in [-0.25, -0.2) is 15.8 Å². The van der Waals surface area contributed by atoms with Gasteiger partial charge in [0.25, 0.3) is 0 Å². The molecule has 0 aliphatic rings. The average Bonchev–Trinajstić information content (AvgIpc) is 2.90. The smallest absolute Gasteiger partial charge is 0.155 e. The van der Waals surface area contributed by atoms with Gasteiger partial charge in [0.2, 0.25) is 0 Å². The third kappa shape index (κ3) is 2.57. The molecule has 18 heavy (non-hydrogen) atoms. The summed E-state index contributed by atoms with van der Waals surface area (Å²) in [4.78, 5) is 8.71. The highest BCUT2D eigenvalue weighted by atomic mass is 16.5. The second-order valence-electron chi connectivity index (χ2n) is 3.79. The van der Waals surface area contributed by atoms with Crippen LogP contribution in [0.15, 0.2) is 16.8 Å². The Hall–Kier alpha value is -2.15. The van der Waals surface area contributed by atoms with Crippen molar-refractivity contribution in [3.63, 3.8) is 0 Å². The van der Waals surface area contributed by atoms with Crippen molar-refractivity contribution in [3.8, 4) is 0 Å². The molecule has 0 aromatic carbocycles. The Morgan fingerprint density at radius 3 is 2.72 bits per heavy atom. The highest BCUT2D eigenvalue weighted by Crippen LogP contribution is 2.19. The van der Waals surface area contributed by atoms with E-state index in [1.54, 1.807) is 12.3 Å². The third-order valence-corrected chi connectivity index (χ3v) is 2.57. The lowest BCUT2D eigenvalue weighted by molar-refractivity contribution is 0.388. The fourth-order valence-corrected chi connectivity index (χ4v) is 1.54. The van der Waals surface area contributed by atoms with Crippen LogP contribution < -0.4 is 16.6 Å². The van der Waals surface area contributed by atoms with E-state index in [2.05, 4.69) is 25.9 Å². The molecule has 0 aliphatic carbocycles. The predicted molar refractivity (Wildman–Crippen MR) is 67.8 cm³/mol. The van der Waals surface area contributed by atoms with Gasteiger partial charge in [-0.3, -0.25) is 0 Å². The summed E-state index contributed by atoms with van der Waals surface area (Å²) in [6.07, 6.45) is 2.35. The minimum atomic E-state index is 0.519. The molecule has 2 heterocycles. The van der Waals surface area contributed by atoms with Crippen LogP contribution in [0, 0.1) is 6.92 Å². The summed E-state index contributed by atoms with van der Waals surface area (Å²) in [5.74, 6) is 8.28. The highest BCUT2D eigenvalue weighted by molar-refractivity contribution is 5.56. The van der Waals surface area contributed by atoms with E-state index >= 15 is 0 Å². The maximum atomic E-state index is 5.44. The first-order valence-corrected chi connectivity index (χ1v) is 5.72. The van der Waals surface area contributed by atoms with E-state index in [1.807, 2.05) is 13.8 Å². The lowest BCUT2D eigenvalue weighted by Crippen LogP contribution is -2.14. The number of hydrogen-bond acceptors (Lipinski definition) is 7. The second kappa shape index (κ2) is 5.46. The largest absolute Gasteiger partial charge is 0.362 e. The van der Waals surface area contributed by atoms with Gasteiger partial charge in [0.15, 0.2) is 5.76 Å². The molecule has 4 N–H and O–H groups in total. The molecule has 96 valence electrons. The molecule has 0 aliphatic heterocycles. The van der Waals surface area contributed by atoms with Crippen LogP contribution in [-0.4, -0.2) is 15.1 Å². The number of aromatic nitrogens is 3. The first kappa shape index (κ1) is 12.3. The molecule has 0 unspecified atom stereocenters. The zero-order chi connectivity index (χ0) is 13.0. The van der Waals surface area contributed by atoms with Crippen LogP contribution in [0.25, 0.3) is 0 Å². The summed E-state index contributed by atoms with van der Waals surface area (Å²) in [6.45, 7) is 4.41. The quantitative estimate of drug-likeness (QED) is 0.540. The molecular formula is C11H16N6O. The Labute approximate surface area is 105 Å². The molecule has 0 saturated heterocycles. The Balaban J connectivity index is 2.20. The van der Waals surface area contributed by atoms with Gasteiger partial charge in [-0.15, -0.1) is 0 Å². The average molecular weight is 248 g/mol. The van der Waals surface area contributed by atoms with Gasteiger partial charge in [0.05, 0.1) is 12.7 Å². The van der Waals surface area contributed by atoms with Crippen LogP contribution in [0.2, 0.25) is 0 Å². The van der Waals surface area contributed by atoms with E-state index in [1.165, 1.54) is 0 Å². The van der Waals surface area contributed by atoms with E-state index in [4.69, 9.17) is 10.4 Å². The Morgan fingerprint density at radius 1 is 1.33 bits per heavy atom. The molecule has 7 heteroatoms. The summed E-state index contributed by atoms with van der Waals surface area (Å²) in [7, 11) is 0. The summed E-state index contributed by atoms with van der Waals surface area (Å²) in [5, 5.41) is 6.83. The van der Waals surface area contributed by atoms with Gasteiger partial charge in [0.1, 0.15) is 17.5 Å². The summed E-state index contributed by atoms with van der Waals surface area (Å²) in [6, 6.07) is 1.80. The molecule has 0 spiro atoms. The van der Waals surface area contributed by atoms with E-state index in [-0.39, 0.29) is 0 Å². The van der Waals surface area contributed by atoms with Crippen LogP contribution >= 0.6 is 0 Å². The molecule has 2 rings (SSSR count). The van der Waals surface area contributed by atoms with Crippen molar-refractivity contribution in [1.82, 2.24) is 15.1 Å². The number of rotatable bonds is 5. The van der Waals surface area contributed by atoms with Crippen molar-refractivity contribution < 1.29 is 4.52 Å². The first-order chi connectivity index (χ1) is 8.74. The van der Waals surface area contributed by atoms with Gasteiger partial charge in [-0.1, -0.05) is 12.1 Å². The molecule has 0 saturated carbocycles. The van der Waals surface area contributed by atoms with Crippen LogP contribution in [0.4, 0.5) is 11.6 Å². The highest BCUT2D eigenvalue weighted by Gasteiger charge is 2.09. The normalized spacial score (nSPS) is 10.4. The van der Waals surface area contributed by atoms with Crippen molar-refractivity contribution in [2.75, 3.05) is 10.7 Å². The van der Waals surface area contributed by atoms with Crippen LogP contribution in [0.5, 0.6) is 0 Å². The van der Waals surface area contributed by atoms with Crippen LogP contribution in [0.1, 0.15) is 24.1 Å². The zero-order valence-electron chi connectivity index (χ0n) is 10.4. The fourth-order valence-electron chi connectivity index (χ4n) is 1.54. The van der Waals surface area contributed by atoms with Crippen molar-refractivity contribution in [1.29, 1.82) is 0 Å². The number of hydrogen-bond donors (Lipinski definition) is 3. The fraction of sp³-hybridized carbons (Fsp3) is 0.364. The Morgan fingerprint density at radius 2 is 2.11 bits per heavy atom. The predicted octanol–water partition coefficient (Wildman–Crippen LogP) is 1.23. The Bertz CT molecular complexity index is 511. The second-order valence-corrected chi connectivity index (χ2v) is 3.79. The van der Waals surface area contributed by atoms with Crippen molar-refractivity contribution in [3.05, 3.63) is 29.4 Å². The minimum absolute atomic E-state index is 0.519. The summed E-state index contributed by atoms with van der Waals surface area (Å²) >= 11 is 0. The van der Waals surface area contributed by atoms with Gasteiger partial charge < -0.3 is 15.3 Å². The summed E-state index contributed by atoms with van der Waals surface area (Å²) in [5.41, 5.74) is 3.45. The zero-order valence-corrected chi connectivity index (χ0v) is 10.4. The first-order valence-electron chi connectivity index (χ1n) is 5.72. The van der Waals surface area contributed by atoms with Crippen molar-refractivity contribution in [2.45, 2.75) is 26.8 Å². The molecule has 0 atom stereocenters. The number of hydrazine groups is 1. The molecular weight excluding hydrogens is 232 g/mol. The van der Waals surface area contributed by atoms with Gasteiger partial charge in [-0.05, 0) is 6.92 Å². The number of aryl methyl sites for hydroxylation is 1. The number of nitrogens with zero attached hydrogens (tertiary/aromatic N) is 3. The van der Waals surface area contributed by atoms with Crippen molar-refractivity contribution in [2.24, 2.45) is 5.84 Å². The van der Waals surface area contributed by atoms with E-state index in [0.29, 0.717) is 12.4 Å². The van der Waals surface area contributed by atoms with E-state index in [9.17, 15) is 0 Å². The van der Waals surface area contributed by atoms with E-state index < -0.39 is 0 Å². The Kier molecular flexibility index (Phi) is 3.73. The molecule has 2 aromatic rings. The monoisotopic (exact) mass is 248 g/mol. The molecule has 0 amide bonds. The SMILES string of the molecule is CCc1nc(NN)c(C)c(NCc2ccno2)n1. The number of nitrogens with two attached hydrogens (primary N) is 1. The van der Waals surface area contributed by atoms with Gasteiger partial charge in [0, 0.05) is 18.1 Å². The molecule has 0 bridgehead atoms. The lowest BCUT2D eigenvalue weighted by Gasteiger charge is -2.12. The third-order valence-electron chi connectivity index (χ3n) is 2.57. The maximum Gasteiger partial charge on any atom is 0.155 e. The lowest BCUT2D eigenvalue weighted by atomic mass is 10.3. The molecule has 0 fully saturated rings. The maximum absolute atomic E-state index is 5.44. The number of nitrogen functional groups attached to an aromatic ring is 1. The van der Waals surface area contributed by atoms with Gasteiger partial charge >= 0.3 is 0 Å². The topological polar surface area (TPSA) is 102 Å². The van der Waals surface area contributed by atoms with E-state index in [0.717, 1.165) is 29.4 Å². The number of anilines is 2. The van der Waals surface area contributed by atoms with Gasteiger partial charge in [-0.2, -0.15) is 0 Å². The van der Waals surface area contributed by atoms with Crippen LogP contribution in [0.3, 0.4) is 0 Å². The number of nitrogens with one attached hydrogen (secondary N) is 2. The molecule has 7 nitrogen and oxygen atoms in total. The minimum Gasteiger partial charge on any atom is -0.362 e. The summed E-state index contributed by atoms with van der Waals surface area (Å²) < 4.78 is 5.01.